The van der Waals surface area contributed by atoms with E-state index in [1.807, 2.05) is 0 Å². The van der Waals surface area contributed by atoms with Crippen molar-refractivity contribution in [2.45, 2.75) is 31.4 Å². The second-order valence-electron chi connectivity index (χ2n) is 8.52. The lowest BCUT2D eigenvalue weighted by Gasteiger charge is -2.35. The van der Waals surface area contributed by atoms with E-state index in [0.29, 0.717) is 0 Å². The quantitative estimate of drug-likeness (QED) is 0.336. The second kappa shape index (κ2) is 11.3. The van der Waals surface area contributed by atoms with Crippen LogP contribution in [0.3, 0.4) is 0 Å². The maximum absolute atomic E-state index is 13.3. The molecule has 1 fully saturated rings. The van der Waals surface area contributed by atoms with Crippen molar-refractivity contribution in [1.29, 1.82) is 0 Å². The summed E-state index contributed by atoms with van der Waals surface area (Å²) in [5.74, 6) is -2.88. The average Bonchev–Trinajstić information content (AvgIpc) is 3.30. The van der Waals surface area contributed by atoms with Gasteiger partial charge < -0.3 is 24.8 Å². The number of fused-ring (bicyclic) bond motifs is 1. The van der Waals surface area contributed by atoms with Gasteiger partial charge in [0.2, 0.25) is 11.9 Å². The average molecular weight is 631 g/mol. The number of nitrogens with zero attached hydrogens (tertiary/aromatic N) is 4. The number of amides is 3. The summed E-state index contributed by atoms with van der Waals surface area (Å²) in [5.41, 5.74) is -0.507. The Hall–Kier alpha value is -3.70. The number of rotatable bonds is 7. The Morgan fingerprint density at radius 2 is 1.71 bits per heavy atom. The predicted molar refractivity (Wildman–Crippen MR) is 132 cm³/mol. The van der Waals surface area contributed by atoms with Crippen LogP contribution in [0.25, 0.3) is 0 Å². The molecule has 2 atom stereocenters. The molecule has 0 spiro atoms. The summed E-state index contributed by atoms with van der Waals surface area (Å²) in [6.45, 7) is 3.33. The molecule has 0 bridgehead atoms. The van der Waals surface area contributed by atoms with E-state index >= 15 is 0 Å². The van der Waals surface area contributed by atoms with E-state index in [4.69, 9.17) is 27.9 Å². The third-order valence-corrected chi connectivity index (χ3v) is 6.48. The molecule has 4 rings (SSSR count). The van der Waals surface area contributed by atoms with Crippen LogP contribution in [0.1, 0.15) is 5.56 Å². The third-order valence-electron chi connectivity index (χ3n) is 5.75. The lowest BCUT2D eigenvalue weighted by Crippen LogP contribution is -2.47. The molecule has 19 heteroatoms. The number of carbonyl (C=O) groups excluding carboxylic acids is 2. The van der Waals surface area contributed by atoms with E-state index in [9.17, 15) is 35.9 Å². The van der Waals surface area contributed by atoms with Crippen molar-refractivity contribution >= 4 is 52.6 Å². The molecule has 3 amide bonds. The van der Waals surface area contributed by atoms with E-state index in [1.165, 1.54) is 13.2 Å². The van der Waals surface area contributed by atoms with Crippen LogP contribution in [0.4, 0.5) is 48.6 Å². The zero-order valence-corrected chi connectivity index (χ0v) is 22.1. The highest BCUT2D eigenvalue weighted by Crippen LogP contribution is 2.50. The smallest absolute Gasteiger partial charge is 0.404 e. The first-order chi connectivity index (χ1) is 19.1. The Morgan fingerprint density at radius 1 is 1.12 bits per heavy atom. The lowest BCUT2D eigenvalue weighted by molar-refractivity contribution is -0.276. The van der Waals surface area contributed by atoms with Crippen LogP contribution < -0.4 is 29.9 Å². The zero-order valence-electron chi connectivity index (χ0n) is 20.6. The Bertz CT molecular complexity index is 1340. The molecule has 2 unspecified atom stereocenters. The van der Waals surface area contributed by atoms with Crippen molar-refractivity contribution < 1.29 is 50.1 Å². The van der Waals surface area contributed by atoms with Gasteiger partial charge in [-0.3, -0.25) is 14.6 Å². The molecule has 11 nitrogen and oxygen atoms in total. The summed E-state index contributed by atoms with van der Waals surface area (Å²) in [7, 11) is 1.25. The van der Waals surface area contributed by atoms with Gasteiger partial charge in [-0.1, -0.05) is 29.8 Å². The molecule has 0 radical (unpaired) electrons. The molecule has 2 aliphatic rings. The van der Waals surface area contributed by atoms with Crippen molar-refractivity contribution in [2.24, 2.45) is 0 Å². The van der Waals surface area contributed by atoms with Gasteiger partial charge in [-0.05, 0) is 6.08 Å². The molecule has 0 aliphatic carbocycles. The standard InChI is InChI=1S/C22H18Cl2F6N6O5/c1-3-14(37)32-10-7-39-8-11(10)33-19-31-5-9-6-36(20(38)35(2)18(9)34-19)17-15(23)12(40-21(25,26)27)4-13(16(17)24)41-22(28,29)30/h3-5,10-11H,1,6-8H2,2H3,(H,32,37)(H,31,33,34). The molecular weight excluding hydrogens is 613 g/mol. The van der Waals surface area contributed by atoms with Crippen LogP contribution in [0, 0.1) is 0 Å². The van der Waals surface area contributed by atoms with E-state index in [1.54, 1.807) is 0 Å². The number of hydrogen-bond acceptors (Lipinski definition) is 8. The molecule has 41 heavy (non-hydrogen) atoms. The number of halogens is 8. The Labute approximate surface area is 236 Å². The van der Waals surface area contributed by atoms with Crippen LogP contribution >= 0.6 is 23.2 Å². The second-order valence-corrected chi connectivity index (χ2v) is 9.28. The van der Waals surface area contributed by atoms with Crippen LogP contribution in [0.15, 0.2) is 24.9 Å². The number of urea groups is 1. The van der Waals surface area contributed by atoms with Gasteiger partial charge in [0.15, 0.2) is 11.5 Å². The first kappa shape index (κ1) is 30.3. The number of hydrogen-bond donors (Lipinski definition) is 2. The van der Waals surface area contributed by atoms with Gasteiger partial charge in [0, 0.05) is 24.9 Å². The fraction of sp³-hybridized carbons (Fsp3) is 0.364. The van der Waals surface area contributed by atoms with Crippen molar-refractivity contribution in [3.05, 3.63) is 40.5 Å². The van der Waals surface area contributed by atoms with E-state index < -0.39 is 70.5 Å². The minimum Gasteiger partial charge on any atom is -0.404 e. The number of aromatic nitrogens is 2. The topological polar surface area (TPSA) is 118 Å². The summed E-state index contributed by atoms with van der Waals surface area (Å²) in [6.07, 6.45) is -8.33. The van der Waals surface area contributed by atoms with E-state index in [2.05, 4.69) is 36.7 Å². The molecule has 1 aromatic carbocycles. The number of ether oxygens (including phenoxy) is 3. The monoisotopic (exact) mass is 630 g/mol. The Balaban J connectivity index is 1.67. The highest BCUT2D eigenvalue weighted by atomic mass is 35.5. The fourth-order valence-electron chi connectivity index (χ4n) is 4.01. The van der Waals surface area contributed by atoms with Crippen LogP contribution in [0.5, 0.6) is 11.5 Å². The van der Waals surface area contributed by atoms with Gasteiger partial charge in [-0.25, -0.2) is 9.78 Å². The first-order valence-electron chi connectivity index (χ1n) is 11.3. The largest absolute Gasteiger partial charge is 0.573 e. The first-order valence-corrected chi connectivity index (χ1v) is 12.1. The highest BCUT2D eigenvalue weighted by Gasteiger charge is 2.40. The Morgan fingerprint density at radius 3 is 2.27 bits per heavy atom. The molecule has 3 heterocycles. The van der Waals surface area contributed by atoms with Gasteiger partial charge >= 0.3 is 18.8 Å². The van der Waals surface area contributed by atoms with Crippen LogP contribution in [0.2, 0.25) is 10.0 Å². The fourth-order valence-corrected chi connectivity index (χ4v) is 4.64. The third kappa shape index (κ3) is 6.79. The Kier molecular flexibility index (Phi) is 8.33. The number of alkyl halides is 6. The minimum atomic E-state index is -5.35. The molecule has 2 aliphatic heterocycles. The van der Waals surface area contributed by atoms with Crippen molar-refractivity contribution in [3.8, 4) is 11.5 Å². The summed E-state index contributed by atoms with van der Waals surface area (Å²) in [5, 5.41) is 3.88. The maximum atomic E-state index is 13.3. The summed E-state index contributed by atoms with van der Waals surface area (Å²) in [4.78, 5) is 35.1. The maximum Gasteiger partial charge on any atom is 0.573 e. The van der Waals surface area contributed by atoms with Gasteiger partial charge in [0.1, 0.15) is 15.9 Å². The molecule has 2 aromatic rings. The van der Waals surface area contributed by atoms with Crippen molar-refractivity contribution in [2.75, 3.05) is 35.4 Å². The number of nitrogens with one attached hydrogen (secondary N) is 2. The molecule has 1 aromatic heterocycles. The predicted octanol–water partition coefficient (Wildman–Crippen LogP) is 4.64. The van der Waals surface area contributed by atoms with Crippen molar-refractivity contribution in [3.63, 3.8) is 0 Å². The number of carbonyl (C=O) groups is 2. The molecule has 0 saturated carbocycles. The number of anilines is 3. The normalized spacial score (nSPS) is 19.1. The summed E-state index contributed by atoms with van der Waals surface area (Å²) < 4.78 is 90.7. The van der Waals surface area contributed by atoms with Gasteiger partial charge in [0.25, 0.3) is 0 Å². The zero-order chi connectivity index (χ0) is 30.3. The molecule has 2 N–H and O–H groups in total. The summed E-state index contributed by atoms with van der Waals surface area (Å²) >= 11 is 12.1. The van der Waals surface area contributed by atoms with Crippen LogP contribution in [-0.4, -0.2) is 67.0 Å². The number of benzene rings is 1. The highest BCUT2D eigenvalue weighted by molar-refractivity contribution is 6.42. The van der Waals surface area contributed by atoms with Gasteiger partial charge in [-0.2, -0.15) is 4.98 Å². The van der Waals surface area contributed by atoms with Crippen LogP contribution in [-0.2, 0) is 16.1 Å². The van der Waals surface area contributed by atoms with Gasteiger partial charge in [-0.15, -0.1) is 26.3 Å². The van der Waals surface area contributed by atoms with Crippen molar-refractivity contribution in [1.82, 2.24) is 15.3 Å². The molecule has 222 valence electrons. The molecule has 1 saturated heterocycles. The van der Waals surface area contributed by atoms with E-state index in [0.717, 1.165) is 15.9 Å². The SMILES string of the molecule is C=CC(=O)NC1COCC1Nc1ncc2c(n1)N(C)C(=O)N(c1c(Cl)c(OC(F)(F)F)cc(OC(F)(F)F)c1Cl)C2. The minimum absolute atomic E-state index is 0.0442. The molecular formula is C22H18Cl2F6N6O5. The van der Waals surface area contributed by atoms with E-state index in [-0.39, 0.29) is 36.6 Å². The van der Waals surface area contributed by atoms with Gasteiger partial charge in [0.05, 0.1) is 37.5 Å². The lowest BCUT2D eigenvalue weighted by atomic mass is 10.1. The summed E-state index contributed by atoms with van der Waals surface area (Å²) in [6, 6.07) is -1.65.